The van der Waals surface area contributed by atoms with Crippen molar-refractivity contribution in [1.82, 2.24) is 10.4 Å². The molecule has 3 rings (SSSR count). The van der Waals surface area contributed by atoms with E-state index in [0.717, 1.165) is 37.3 Å². The molecule has 0 saturated carbocycles. The van der Waals surface area contributed by atoms with Crippen LogP contribution in [0.5, 0.6) is 0 Å². The fraction of sp³-hybridized carbons (Fsp3) is 0.286. The number of anilines is 1. The van der Waals surface area contributed by atoms with E-state index in [1.807, 2.05) is 12.1 Å². The van der Waals surface area contributed by atoms with Crippen molar-refractivity contribution in [3.05, 3.63) is 60.2 Å². The number of nitrogens with one attached hydrogen (secondary N) is 1. The maximum absolute atomic E-state index is 11.4. The maximum Gasteiger partial charge on any atom is 0.267 e. The minimum atomic E-state index is -0.281. The van der Waals surface area contributed by atoms with Gasteiger partial charge in [-0.2, -0.15) is 0 Å². The van der Waals surface area contributed by atoms with Crippen LogP contribution in [0.1, 0.15) is 5.56 Å². The van der Waals surface area contributed by atoms with Gasteiger partial charge < -0.3 is 9.80 Å². The standard InChI is InChI=1S/C21H25N3O2/c1-23-13-15-24(16-14-23)20-10-8-19(9-11-20)18-6-3-17(4-7-18)5-12-21(25)22-26-2/h3-12H,13-16H2,1-2H3,(H,22,25)/b12-5+. The van der Waals surface area contributed by atoms with E-state index < -0.39 is 0 Å². The summed E-state index contributed by atoms with van der Waals surface area (Å²) in [4.78, 5) is 20.7. The zero-order valence-corrected chi connectivity index (χ0v) is 15.3. The van der Waals surface area contributed by atoms with Gasteiger partial charge in [-0.05, 0) is 41.9 Å². The molecule has 0 bridgehead atoms. The van der Waals surface area contributed by atoms with Gasteiger partial charge in [0, 0.05) is 37.9 Å². The second kappa shape index (κ2) is 8.65. The van der Waals surface area contributed by atoms with Crippen molar-refractivity contribution in [3.63, 3.8) is 0 Å². The molecule has 1 N–H and O–H groups in total. The molecule has 0 aromatic heterocycles. The quantitative estimate of drug-likeness (QED) is 0.665. The number of piperazine rings is 1. The number of carbonyl (C=O) groups is 1. The molecule has 1 aliphatic heterocycles. The summed E-state index contributed by atoms with van der Waals surface area (Å²) < 4.78 is 0. The number of benzene rings is 2. The number of amides is 1. The molecule has 0 atom stereocenters. The highest BCUT2D eigenvalue weighted by atomic mass is 16.6. The Kier molecular flexibility index (Phi) is 6.04. The van der Waals surface area contributed by atoms with Gasteiger partial charge in [0.25, 0.3) is 5.91 Å². The highest BCUT2D eigenvalue weighted by molar-refractivity contribution is 5.91. The predicted molar refractivity (Wildman–Crippen MR) is 106 cm³/mol. The van der Waals surface area contributed by atoms with Crippen LogP contribution in [0.15, 0.2) is 54.6 Å². The second-order valence-electron chi connectivity index (χ2n) is 6.46. The van der Waals surface area contributed by atoms with Crippen LogP contribution in [0.2, 0.25) is 0 Å². The summed E-state index contributed by atoms with van der Waals surface area (Å²) in [6, 6.07) is 16.9. The smallest absolute Gasteiger partial charge is 0.267 e. The van der Waals surface area contributed by atoms with E-state index in [1.165, 1.54) is 24.4 Å². The Balaban J connectivity index is 1.65. The first kappa shape index (κ1) is 18.2. The molecule has 26 heavy (non-hydrogen) atoms. The molecule has 5 heteroatoms. The number of nitrogens with zero attached hydrogens (tertiary/aromatic N) is 2. The van der Waals surface area contributed by atoms with E-state index in [9.17, 15) is 4.79 Å². The van der Waals surface area contributed by atoms with E-state index in [1.54, 1.807) is 6.08 Å². The highest BCUT2D eigenvalue weighted by Crippen LogP contribution is 2.24. The number of carbonyl (C=O) groups excluding carboxylic acids is 1. The summed E-state index contributed by atoms with van der Waals surface area (Å²) in [5.74, 6) is -0.281. The van der Waals surface area contributed by atoms with Gasteiger partial charge in [0.1, 0.15) is 0 Å². The Bertz CT molecular complexity index is 746. The first-order valence-electron chi connectivity index (χ1n) is 8.81. The second-order valence-corrected chi connectivity index (χ2v) is 6.46. The summed E-state index contributed by atoms with van der Waals surface area (Å²) in [7, 11) is 3.58. The minimum Gasteiger partial charge on any atom is -0.369 e. The molecule has 0 radical (unpaired) electrons. The fourth-order valence-electron chi connectivity index (χ4n) is 3.02. The highest BCUT2D eigenvalue weighted by Gasteiger charge is 2.13. The van der Waals surface area contributed by atoms with Crippen LogP contribution in [-0.4, -0.2) is 51.1 Å². The molecule has 0 spiro atoms. The molecule has 1 amide bonds. The van der Waals surface area contributed by atoms with Gasteiger partial charge in [-0.3, -0.25) is 9.63 Å². The van der Waals surface area contributed by atoms with Crippen LogP contribution in [0.3, 0.4) is 0 Å². The third kappa shape index (κ3) is 4.71. The Labute approximate surface area is 154 Å². The summed E-state index contributed by atoms with van der Waals surface area (Å²) in [6.07, 6.45) is 3.21. The lowest BCUT2D eigenvalue weighted by Gasteiger charge is -2.34. The predicted octanol–water partition coefficient (Wildman–Crippen LogP) is 2.80. The van der Waals surface area contributed by atoms with Crippen molar-refractivity contribution in [2.45, 2.75) is 0 Å². The topological polar surface area (TPSA) is 44.8 Å². The number of hydrogen-bond acceptors (Lipinski definition) is 4. The Morgan fingerprint density at radius 3 is 2.12 bits per heavy atom. The van der Waals surface area contributed by atoms with Gasteiger partial charge in [-0.1, -0.05) is 36.4 Å². The van der Waals surface area contributed by atoms with E-state index in [4.69, 9.17) is 0 Å². The monoisotopic (exact) mass is 351 g/mol. The first-order chi connectivity index (χ1) is 12.7. The molecule has 0 unspecified atom stereocenters. The van der Waals surface area contributed by atoms with Gasteiger partial charge in [-0.25, -0.2) is 5.48 Å². The molecule has 0 aliphatic carbocycles. The van der Waals surface area contributed by atoms with Gasteiger partial charge >= 0.3 is 0 Å². The lowest BCUT2D eigenvalue weighted by Crippen LogP contribution is -2.44. The zero-order valence-electron chi connectivity index (χ0n) is 15.3. The molecule has 1 saturated heterocycles. The third-order valence-electron chi connectivity index (χ3n) is 4.61. The van der Waals surface area contributed by atoms with E-state index >= 15 is 0 Å². The van der Waals surface area contributed by atoms with Crippen LogP contribution < -0.4 is 10.4 Å². The normalized spacial score (nSPS) is 15.4. The summed E-state index contributed by atoms with van der Waals surface area (Å²) in [5, 5.41) is 0. The molecule has 136 valence electrons. The Hall–Kier alpha value is -2.63. The first-order valence-corrected chi connectivity index (χ1v) is 8.81. The van der Waals surface area contributed by atoms with Crippen molar-refractivity contribution < 1.29 is 9.63 Å². The maximum atomic E-state index is 11.4. The van der Waals surface area contributed by atoms with E-state index in [0.29, 0.717) is 0 Å². The third-order valence-corrected chi connectivity index (χ3v) is 4.61. The Morgan fingerprint density at radius 2 is 1.54 bits per heavy atom. The molecular formula is C21H25N3O2. The lowest BCUT2D eigenvalue weighted by molar-refractivity contribution is -0.126. The summed E-state index contributed by atoms with van der Waals surface area (Å²) in [5.41, 5.74) is 6.86. The molecular weight excluding hydrogens is 326 g/mol. The SMILES string of the molecule is CONC(=O)/C=C/c1ccc(-c2ccc(N3CCN(C)CC3)cc2)cc1. The van der Waals surface area contributed by atoms with Gasteiger partial charge in [0.05, 0.1) is 7.11 Å². The van der Waals surface area contributed by atoms with Crippen LogP contribution in [0, 0.1) is 0 Å². The fourth-order valence-corrected chi connectivity index (χ4v) is 3.02. The number of rotatable bonds is 5. The van der Waals surface area contributed by atoms with Crippen molar-refractivity contribution in [2.24, 2.45) is 0 Å². The summed E-state index contributed by atoms with van der Waals surface area (Å²) >= 11 is 0. The zero-order chi connectivity index (χ0) is 18.4. The minimum absolute atomic E-state index is 0.281. The average Bonchev–Trinajstić information content (AvgIpc) is 2.68. The lowest BCUT2D eigenvalue weighted by atomic mass is 10.0. The van der Waals surface area contributed by atoms with Gasteiger partial charge in [0.15, 0.2) is 0 Å². The van der Waals surface area contributed by atoms with Crippen LogP contribution in [0.25, 0.3) is 17.2 Å². The molecule has 5 nitrogen and oxygen atoms in total. The van der Waals surface area contributed by atoms with Crippen LogP contribution in [-0.2, 0) is 9.63 Å². The van der Waals surface area contributed by atoms with Crippen molar-refractivity contribution >= 4 is 17.7 Å². The average molecular weight is 351 g/mol. The number of hydroxylamine groups is 1. The largest absolute Gasteiger partial charge is 0.369 e. The Morgan fingerprint density at radius 1 is 0.962 bits per heavy atom. The van der Waals surface area contributed by atoms with E-state index in [2.05, 4.69) is 63.6 Å². The van der Waals surface area contributed by atoms with Gasteiger partial charge in [-0.15, -0.1) is 0 Å². The van der Waals surface area contributed by atoms with Crippen molar-refractivity contribution in [2.75, 3.05) is 45.2 Å². The molecule has 1 heterocycles. The number of likely N-dealkylation sites (N-methyl/N-ethyl adjacent to an activating group) is 1. The summed E-state index contributed by atoms with van der Waals surface area (Å²) in [6.45, 7) is 4.37. The van der Waals surface area contributed by atoms with E-state index in [-0.39, 0.29) is 5.91 Å². The number of hydrogen-bond donors (Lipinski definition) is 1. The van der Waals surface area contributed by atoms with Crippen LogP contribution in [0.4, 0.5) is 5.69 Å². The van der Waals surface area contributed by atoms with Crippen molar-refractivity contribution in [1.29, 1.82) is 0 Å². The van der Waals surface area contributed by atoms with Gasteiger partial charge in [0.2, 0.25) is 0 Å². The van der Waals surface area contributed by atoms with Crippen LogP contribution >= 0.6 is 0 Å². The molecule has 1 aliphatic rings. The molecule has 1 fully saturated rings. The molecule has 2 aromatic carbocycles. The van der Waals surface area contributed by atoms with Crippen molar-refractivity contribution in [3.8, 4) is 11.1 Å². The molecule has 2 aromatic rings.